The van der Waals surface area contributed by atoms with Crippen LogP contribution in [0.1, 0.15) is 31.0 Å². The lowest BCUT2D eigenvalue weighted by Gasteiger charge is -2.34. The van der Waals surface area contributed by atoms with Crippen LogP contribution >= 0.6 is 0 Å². The van der Waals surface area contributed by atoms with Gasteiger partial charge in [0.1, 0.15) is 4.90 Å². The molecule has 24 heavy (non-hydrogen) atoms. The second kappa shape index (κ2) is 5.95. The third kappa shape index (κ3) is 2.57. The first kappa shape index (κ1) is 15.2. The molecule has 0 radical (unpaired) electrons. The van der Waals surface area contributed by atoms with Crippen LogP contribution < -0.4 is 0 Å². The predicted molar refractivity (Wildman–Crippen MR) is 87.7 cm³/mol. The minimum atomic E-state index is -3.59. The Balaban J connectivity index is 1.75. The van der Waals surface area contributed by atoms with Crippen molar-refractivity contribution in [1.29, 1.82) is 0 Å². The minimum Gasteiger partial charge on any atom is -0.263 e. The van der Waals surface area contributed by atoms with Crippen molar-refractivity contribution in [2.45, 2.75) is 30.2 Å². The fourth-order valence-electron chi connectivity index (χ4n) is 3.14. The summed E-state index contributed by atoms with van der Waals surface area (Å²) in [6.45, 7) is 0.494. The van der Waals surface area contributed by atoms with E-state index in [1.165, 1.54) is 6.20 Å². The maximum absolute atomic E-state index is 13.0. The largest absolute Gasteiger partial charge is 0.263 e. The number of aromatic nitrogens is 4. The van der Waals surface area contributed by atoms with Crippen molar-refractivity contribution >= 4 is 15.7 Å². The van der Waals surface area contributed by atoms with Crippen LogP contribution in [0.2, 0.25) is 0 Å². The van der Waals surface area contributed by atoms with Gasteiger partial charge in [-0.3, -0.25) is 4.98 Å². The van der Waals surface area contributed by atoms with Gasteiger partial charge in [0.15, 0.2) is 5.65 Å². The highest BCUT2D eigenvalue weighted by Gasteiger charge is 2.35. The first-order valence-corrected chi connectivity index (χ1v) is 9.32. The number of sulfonamides is 1. The van der Waals surface area contributed by atoms with E-state index in [0.29, 0.717) is 6.54 Å². The standard InChI is InChI=1S/C16H17N5O2S/c22-24(23,13-4-3-8-17-12-13)21-10-2-1-5-15(21)14-7-11-20-16(19-14)6-9-18-20/h3-4,6-9,11-12,15H,1-2,5,10H2. The van der Waals surface area contributed by atoms with Crippen molar-refractivity contribution in [3.8, 4) is 0 Å². The van der Waals surface area contributed by atoms with Crippen molar-refractivity contribution in [3.05, 3.63) is 54.7 Å². The van der Waals surface area contributed by atoms with Gasteiger partial charge in [-0.15, -0.1) is 0 Å². The normalized spacial score (nSPS) is 19.6. The number of piperidine rings is 1. The summed E-state index contributed by atoms with van der Waals surface area (Å²) in [5.41, 5.74) is 1.48. The molecule has 124 valence electrons. The summed E-state index contributed by atoms with van der Waals surface area (Å²) in [6.07, 6.45) is 9.06. The first-order chi connectivity index (χ1) is 11.7. The van der Waals surface area contributed by atoms with Gasteiger partial charge in [-0.1, -0.05) is 6.42 Å². The van der Waals surface area contributed by atoms with E-state index < -0.39 is 10.0 Å². The van der Waals surface area contributed by atoms with Crippen LogP contribution in [0, 0.1) is 0 Å². The van der Waals surface area contributed by atoms with Gasteiger partial charge in [-0.25, -0.2) is 17.9 Å². The highest BCUT2D eigenvalue weighted by atomic mass is 32.2. The van der Waals surface area contributed by atoms with Crippen LogP contribution in [0.4, 0.5) is 0 Å². The lowest BCUT2D eigenvalue weighted by atomic mass is 10.0. The Labute approximate surface area is 140 Å². The zero-order valence-corrected chi connectivity index (χ0v) is 13.8. The predicted octanol–water partition coefficient (Wildman–Crippen LogP) is 2.04. The molecule has 7 nitrogen and oxygen atoms in total. The molecule has 3 aromatic rings. The van der Waals surface area contributed by atoms with Gasteiger partial charge < -0.3 is 0 Å². The van der Waals surface area contributed by atoms with Crippen molar-refractivity contribution in [2.75, 3.05) is 6.54 Å². The Morgan fingerprint density at radius 2 is 2.04 bits per heavy atom. The van der Waals surface area contributed by atoms with Crippen LogP contribution in [0.15, 0.2) is 53.9 Å². The van der Waals surface area contributed by atoms with Crippen LogP contribution in [0.3, 0.4) is 0 Å². The Kier molecular flexibility index (Phi) is 3.78. The fraction of sp³-hybridized carbons (Fsp3) is 0.312. The molecule has 8 heteroatoms. The summed E-state index contributed by atoms with van der Waals surface area (Å²) < 4.78 is 29.3. The molecule has 0 amide bonds. The first-order valence-electron chi connectivity index (χ1n) is 7.88. The van der Waals surface area contributed by atoms with Crippen molar-refractivity contribution in [3.63, 3.8) is 0 Å². The van der Waals surface area contributed by atoms with Gasteiger partial charge in [0.25, 0.3) is 0 Å². The van der Waals surface area contributed by atoms with E-state index in [-0.39, 0.29) is 10.9 Å². The van der Waals surface area contributed by atoms with E-state index in [9.17, 15) is 8.42 Å². The molecule has 1 atom stereocenters. The van der Waals surface area contributed by atoms with E-state index in [4.69, 9.17) is 0 Å². The van der Waals surface area contributed by atoms with Gasteiger partial charge in [-0.05, 0) is 31.0 Å². The lowest BCUT2D eigenvalue weighted by molar-refractivity contribution is 0.251. The fourth-order valence-corrected chi connectivity index (χ4v) is 4.77. The molecule has 0 bridgehead atoms. The Morgan fingerprint density at radius 3 is 2.88 bits per heavy atom. The maximum atomic E-state index is 13.0. The third-order valence-electron chi connectivity index (χ3n) is 4.32. The average molecular weight is 343 g/mol. The Bertz CT molecular complexity index is 955. The molecule has 1 saturated heterocycles. The summed E-state index contributed by atoms with van der Waals surface area (Å²) in [6, 6.07) is 6.63. The summed E-state index contributed by atoms with van der Waals surface area (Å²) >= 11 is 0. The molecule has 4 rings (SSSR count). The Morgan fingerprint density at radius 1 is 1.12 bits per heavy atom. The zero-order chi connectivity index (χ0) is 16.6. The minimum absolute atomic E-state index is 0.224. The molecule has 0 aromatic carbocycles. The zero-order valence-electron chi connectivity index (χ0n) is 13.0. The summed E-state index contributed by atoms with van der Waals surface area (Å²) in [5.74, 6) is 0. The van der Waals surface area contributed by atoms with E-state index >= 15 is 0 Å². The van der Waals surface area contributed by atoms with Crippen molar-refractivity contribution in [1.82, 2.24) is 23.9 Å². The van der Waals surface area contributed by atoms with Crippen LogP contribution in [-0.4, -0.2) is 38.8 Å². The highest BCUT2D eigenvalue weighted by Crippen LogP contribution is 2.34. The second-order valence-corrected chi connectivity index (χ2v) is 7.69. The molecule has 0 saturated carbocycles. The molecular formula is C16H17N5O2S. The van der Waals surface area contributed by atoms with Crippen LogP contribution in [0.25, 0.3) is 5.65 Å². The smallest absolute Gasteiger partial charge is 0.245 e. The third-order valence-corrected chi connectivity index (χ3v) is 6.21. The molecule has 3 aromatic heterocycles. The molecule has 0 spiro atoms. The Hall–Kier alpha value is -2.32. The number of pyridine rings is 1. The molecule has 4 heterocycles. The summed E-state index contributed by atoms with van der Waals surface area (Å²) in [7, 11) is -3.59. The van der Waals surface area contributed by atoms with Crippen molar-refractivity contribution < 1.29 is 8.42 Å². The quantitative estimate of drug-likeness (QED) is 0.727. The van der Waals surface area contributed by atoms with E-state index in [1.54, 1.807) is 33.3 Å². The SMILES string of the molecule is O=S(=O)(c1cccnc1)N1CCCCC1c1ccn2nccc2n1. The van der Waals surface area contributed by atoms with Gasteiger partial charge in [-0.2, -0.15) is 9.40 Å². The van der Waals surface area contributed by atoms with Crippen molar-refractivity contribution in [2.24, 2.45) is 0 Å². The van der Waals surface area contributed by atoms with E-state index in [0.717, 1.165) is 30.6 Å². The molecular weight excluding hydrogens is 326 g/mol. The van der Waals surface area contributed by atoms with Gasteiger partial charge in [0.2, 0.25) is 10.0 Å². The number of hydrogen-bond donors (Lipinski definition) is 0. The summed E-state index contributed by atoms with van der Waals surface area (Å²) in [5, 5.41) is 4.13. The van der Waals surface area contributed by atoms with Gasteiger partial charge in [0, 0.05) is 31.2 Å². The average Bonchev–Trinajstić information content (AvgIpc) is 3.10. The number of nitrogens with zero attached hydrogens (tertiary/aromatic N) is 5. The molecule has 0 aliphatic carbocycles. The summed E-state index contributed by atoms with van der Waals surface area (Å²) in [4.78, 5) is 8.76. The van der Waals surface area contributed by atoms with Gasteiger partial charge in [0.05, 0.1) is 17.9 Å². The molecule has 1 aliphatic heterocycles. The maximum Gasteiger partial charge on any atom is 0.245 e. The van der Waals surface area contributed by atoms with Crippen LogP contribution in [0.5, 0.6) is 0 Å². The monoisotopic (exact) mass is 343 g/mol. The highest BCUT2D eigenvalue weighted by molar-refractivity contribution is 7.89. The topological polar surface area (TPSA) is 80.5 Å². The molecule has 1 unspecified atom stereocenters. The molecule has 0 N–H and O–H groups in total. The van der Waals surface area contributed by atoms with Crippen LogP contribution in [-0.2, 0) is 10.0 Å². The van der Waals surface area contributed by atoms with Gasteiger partial charge >= 0.3 is 0 Å². The number of fused-ring (bicyclic) bond motifs is 1. The van der Waals surface area contributed by atoms with E-state index in [2.05, 4.69) is 15.1 Å². The molecule has 1 aliphatic rings. The van der Waals surface area contributed by atoms with E-state index in [1.807, 2.05) is 18.3 Å². The molecule has 1 fully saturated rings. The second-order valence-electron chi connectivity index (χ2n) is 5.80. The number of hydrogen-bond acceptors (Lipinski definition) is 5. The lowest BCUT2D eigenvalue weighted by Crippen LogP contribution is -2.38. The number of rotatable bonds is 3.